The lowest BCUT2D eigenvalue weighted by Gasteiger charge is -2.24. The zero-order chi connectivity index (χ0) is 25.5. The molecule has 8 nitrogen and oxygen atoms in total. The Morgan fingerprint density at radius 1 is 1.13 bits per heavy atom. The fraction of sp³-hybridized carbons (Fsp3) is 0.250. The molecular formula is C28H33Cl2N5O3. The number of hydrogen-bond donors (Lipinski definition) is 3. The lowest BCUT2D eigenvalue weighted by atomic mass is 10.1. The van der Waals surface area contributed by atoms with E-state index in [9.17, 15) is 14.7 Å². The van der Waals surface area contributed by atoms with Crippen molar-refractivity contribution in [2.45, 2.75) is 25.4 Å². The van der Waals surface area contributed by atoms with Crippen molar-refractivity contribution >= 4 is 54.2 Å². The highest BCUT2D eigenvalue weighted by Gasteiger charge is 2.29. The highest BCUT2D eigenvalue weighted by molar-refractivity contribution is 6.06. The van der Waals surface area contributed by atoms with Crippen LogP contribution in [0.1, 0.15) is 33.5 Å². The van der Waals surface area contributed by atoms with Gasteiger partial charge in [-0.1, -0.05) is 48.5 Å². The Morgan fingerprint density at radius 2 is 1.84 bits per heavy atom. The van der Waals surface area contributed by atoms with Crippen molar-refractivity contribution in [2.24, 2.45) is 10.9 Å². The van der Waals surface area contributed by atoms with Crippen LogP contribution in [0.15, 0.2) is 77.9 Å². The normalized spacial score (nSPS) is 14.5. The maximum absolute atomic E-state index is 13.3. The zero-order valence-electron chi connectivity index (χ0n) is 21.1. The first-order valence-electron chi connectivity index (χ1n) is 11.9. The van der Waals surface area contributed by atoms with Gasteiger partial charge in [0.1, 0.15) is 6.04 Å². The van der Waals surface area contributed by atoms with Crippen molar-refractivity contribution in [3.63, 3.8) is 0 Å². The minimum Gasteiger partial charge on any atom is -0.396 e. The highest BCUT2D eigenvalue weighted by atomic mass is 35.5. The second kappa shape index (κ2) is 14.4. The number of aliphatic hydroxyl groups is 1. The van der Waals surface area contributed by atoms with E-state index < -0.39 is 6.04 Å². The molecule has 0 fully saturated rings. The molecule has 1 heterocycles. The van der Waals surface area contributed by atoms with Gasteiger partial charge in [-0.2, -0.15) is 5.10 Å². The predicted molar refractivity (Wildman–Crippen MR) is 157 cm³/mol. The number of nitrogens with zero attached hydrogens (tertiary/aromatic N) is 3. The Labute approximate surface area is 235 Å². The van der Waals surface area contributed by atoms with Crippen LogP contribution in [0.2, 0.25) is 0 Å². The van der Waals surface area contributed by atoms with Crippen LogP contribution in [-0.2, 0) is 17.8 Å². The first kappa shape index (κ1) is 30.6. The topological polar surface area (TPSA) is 111 Å². The van der Waals surface area contributed by atoms with Crippen LogP contribution >= 0.6 is 24.8 Å². The average molecular weight is 559 g/mol. The molecule has 0 bridgehead atoms. The number of amides is 2. The Morgan fingerprint density at radius 3 is 2.50 bits per heavy atom. The van der Waals surface area contributed by atoms with Gasteiger partial charge in [0, 0.05) is 43.7 Å². The molecule has 4 rings (SSSR count). The summed E-state index contributed by atoms with van der Waals surface area (Å²) in [6.45, 7) is 0.891. The van der Waals surface area contributed by atoms with Crippen LogP contribution in [-0.4, -0.2) is 54.3 Å². The van der Waals surface area contributed by atoms with Gasteiger partial charge >= 0.3 is 0 Å². The van der Waals surface area contributed by atoms with Crippen molar-refractivity contribution in [1.29, 1.82) is 0 Å². The third kappa shape index (κ3) is 7.25. The van der Waals surface area contributed by atoms with E-state index in [2.05, 4.69) is 10.4 Å². The van der Waals surface area contributed by atoms with Gasteiger partial charge in [-0.25, -0.2) is 0 Å². The van der Waals surface area contributed by atoms with Gasteiger partial charge in [0.25, 0.3) is 5.91 Å². The van der Waals surface area contributed by atoms with Crippen LogP contribution in [0.5, 0.6) is 0 Å². The number of fused-ring (bicyclic) bond motifs is 1. The summed E-state index contributed by atoms with van der Waals surface area (Å²) < 4.78 is 0. The predicted octanol–water partition coefficient (Wildman–Crippen LogP) is 3.85. The molecular weight excluding hydrogens is 525 g/mol. The Balaban J connectivity index is 0.00000253. The van der Waals surface area contributed by atoms with Crippen molar-refractivity contribution in [1.82, 2.24) is 4.90 Å². The number of rotatable bonds is 8. The average Bonchev–Trinajstić information content (AvgIpc) is 3.04. The lowest BCUT2D eigenvalue weighted by molar-refractivity contribution is -0.132. The molecule has 0 saturated carbocycles. The molecule has 38 heavy (non-hydrogen) atoms. The number of aliphatic hydroxyl groups excluding tert-OH is 1. The molecule has 0 aromatic heterocycles. The number of nitrogens with one attached hydrogen (secondary N) is 1. The molecule has 3 aromatic rings. The maximum atomic E-state index is 13.3. The Hall–Kier alpha value is -3.59. The van der Waals surface area contributed by atoms with Crippen LogP contribution < -0.4 is 16.1 Å². The molecule has 4 N–H and O–H groups in total. The molecule has 1 unspecified atom stereocenters. The molecule has 0 saturated heterocycles. The van der Waals surface area contributed by atoms with Crippen LogP contribution in [0.4, 0.5) is 11.4 Å². The van der Waals surface area contributed by atoms with E-state index in [0.717, 1.165) is 34.5 Å². The van der Waals surface area contributed by atoms with Crippen molar-refractivity contribution in [2.75, 3.05) is 30.4 Å². The standard InChI is InChI=1S/C28H31N5O3.2ClH/c1-32(24-11-7-21(8-12-24)18-30-29)27(35)22-9-10-23-19-33(15-13-20-5-3-2-4-6-20)28(36)25(14-16-34)31-26(23)17-22;;/h2-12,17-18,25,31,34H,13-16,19,29H2,1H3;2*1H. The molecule has 202 valence electrons. The van der Waals surface area contributed by atoms with Crippen LogP contribution in [0.25, 0.3) is 0 Å². The number of carbonyl (C=O) groups is 2. The van der Waals surface area contributed by atoms with Crippen molar-refractivity contribution in [3.05, 3.63) is 95.1 Å². The molecule has 1 atom stereocenters. The second-order valence-corrected chi connectivity index (χ2v) is 8.81. The number of nitrogens with two attached hydrogens (primary N) is 1. The van der Waals surface area contributed by atoms with Gasteiger partial charge in [0.15, 0.2) is 0 Å². The molecule has 2 amide bonds. The fourth-order valence-electron chi connectivity index (χ4n) is 4.34. The third-order valence-corrected chi connectivity index (χ3v) is 6.40. The molecule has 0 radical (unpaired) electrons. The van der Waals surface area contributed by atoms with Crippen LogP contribution in [0.3, 0.4) is 0 Å². The number of halogens is 2. The fourth-order valence-corrected chi connectivity index (χ4v) is 4.34. The maximum Gasteiger partial charge on any atom is 0.258 e. The van der Waals surface area contributed by atoms with Gasteiger partial charge in [-0.15, -0.1) is 24.8 Å². The van der Waals surface area contributed by atoms with E-state index in [4.69, 9.17) is 5.84 Å². The van der Waals surface area contributed by atoms with E-state index in [1.807, 2.05) is 65.6 Å². The molecule has 1 aliphatic rings. The number of hydrazone groups is 1. The third-order valence-electron chi connectivity index (χ3n) is 6.40. The van der Waals surface area contributed by atoms with E-state index in [1.54, 1.807) is 24.1 Å². The summed E-state index contributed by atoms with van der Waals surface area (Å²) in [4.78, 5) is 29.9. The highest BCUT2D eigenvalue weighted by Crippen LogP contribution is 2.27. The second-order valence-electron chi connectivity index (χ2n) is 8.81. The SMILES string of the molecule is CN(C(=O)c1ccc2c(c1)NC(CCO)C(=O)N(CCc1ccccc1)C2)c1ccc(C=NN)cc1.Cl.Cl. The zero-order valence-corrected chi connectivity index (χ0v) is 22.8. The molecule has 3 aromatic carbocycles. The largest absolute Gasteiger partial charge is 0.396 e. The Kier molecular flexibility index (Phi) is 11.6. The van der Waals surface area contributed by atoms with Crippen molar-refractivity contribution < 1.29 is 14.7 Å². The molecule has 1 aliphatic heterocycles. The number of benzene rings is 3. The van der Waals surface area contributed by atoms with Gasteiger partial charge < -0.3 is 26.1 Å². The summed E-state index contributed by atoms with van der Waals surface area (Å²) in [6.07, 6.45) is 2.57. The first-order chi connectivity index (χ1) is 17.5. The quantitative estimate of drug-likeness (QED) is 0.221. The lowest BCUT2D eigenvalue weighted by Crippen LogP contribution is -2.41. The number of carbonyl (C=O) groups excluding carboxylic acids is 2. The van der Waals surface area contributed by atoms with Gasteiger partial charge in [-0.3, -0.25) is 9.59 Å². The summed E-state index contributed by atoms with van der Waals surface area (Å²) in [6, 6.07) is 22.3. The smallest absolute Gasteiger partial charge is 0.258 e. The molecule has 10 heteroatoms. The number of hydrogen-bond acceptors (Lipinski definition) is 6. The summed E-state index contributed by atoms with van der Waals surface area (Å²) in [5.41, 5.74) is 4.91. The van der Waals surface area contributed by atoms with Gasteiger partial charge in [-0.05, 0) is 53.8 Å². The minimum atomic E-state index is -0.563. The summed E-state index contributed by atoms with van der Waals surface area (Å²) in [5, 5.41) is 16.4. The summed E-state index contributed by atoms with van der Waals surface area (Å²) >= 11 is 0. The number of anilines is 2. The van der Waals surface area contributed by atoms with Crippen molar-refractivity contribution in [3.8, 4) is 0 Å². The van der Waals surface area contributed by atoms with E-state index >= 15 is 0 Å². The Bertz CT molecular complexity index is 1240. The summed E-state index contributed by atoms with van der Waals surface area (Å²) in [7, 11) is 1.72. The van der Waals surface area contributed by atoms with E-state index in [-0.39, 0.29) is 49.7 Å². The van der Waals surface area contributed by atoms with E-state index in [0.29, 0.717) is 18.7 Å². The molecule has 0 aliphatic carbocycles. The van der Waals surface area contributed by atoms with Gasteiger partial charge in [0.05, 0.1) is 6.21 Å². The first-order valence-corrected chi connectivity index (χ1v) is 11.9. The van der Waals surface area contributed by atoms with E-state index in [1.165, 1.54) is 6.21 Å². The molecule has 0 spiro atoms. The summed E-state index contributed by atoms with van der Waals surface area (Å²) in [5.74, 6) is 4.98. The van der Waals surface area contributed by atoms with Gasteiger partial charge in [0.2, 0.25) is 5.91 Å². The van der Waals surface area contributed by atoms with Crippen LogP contribution in [0, 0.1) is 0 Å². The minimum absolute atomic E-state index is 0. The monoisotopic (exact) mass is 557 g/mol.